The van der Waals surface area contributed by atoms with Crippen LogP contribution in [0.15, 0.2) is 0 Å². The Morgan fingerprint density at radius 2 is 0.922 bits per heavy atom. The van der Waals surface area contributed by atoms with Gasteiger partial charge in [-0.15, -0.1) is 0 Å². The molecule has 0 radical (unpaired) electrons. The number of aliphatic hydroxyl groups is 5. The standard InChI is InChI=1S/C38H75O12P/c1-3-5-7-9-11-13-15-16-17-19-21-23-25-27-32(39)49-31(29-47-28-26-24-22-20-18-14-12-10-8-6-4-2)30-48-51(45,46)50-38-36(43)34(41)33(40)35(42)37(38)44/h31,33-38,40-44H,3-30H2,1-2H3,(H,45,46). The molecule has 304 valence electrons. The third kappa shape index (κ3) is 23.7. The smallest absolute Gasteiger partial charge is 0.457 e. The number of carbonyl (C=O) groups is 1. The normalized spacial score (nSPS) is 24.0. The Morgan fingerprint density at radius 1 is 0.549 bits per heavy atom. The van der Waals surface area contributed by atoms with Gasteiger partial charge in [-0.2, -0.15) is 0 Å². The summed E-state index contributed by atoms with van der Waals surface area (Å²) in [7, 11) is -5.00. The minimum absolute atomic E-state index is 0.0690. The lowest BCUT2D eigenvalue weighted by Crippen LogP contribution is -2.64. The molecule has 6 N–H and O–H groups in total. The molecule has 1 rings (SSSR count). The Bertz CT molecular complexity index is 864. The lowest BCUT2D eigenvalue weighted by molar-refractivity contribution is -0.220. The van der Waals surface area contributed by atoms with Gasteiger partial charge >= 0.3 is 13.8 Å². The quantitative estimate of drug-likeness (QED) is 0.0224. The fraction of sp³-hybridized carbons (Fsp3) is 0.974. The van der Waals surface area contributed by atoms with E-state index in [0.29, 0.717) is 13.0 Å². The molecule has 0 aromatic carbocycles. The van der Waals surface area contributed by atoms with Crippen molar-refractivity contribution < 1.29 is 58.3 Å². The van der Waals surface area contributed by atoms with Gasteiger partial charge in [0.15, 0.2) is 0 Å². The summed E-state index contributed by atoms with van der Waals surface area (Å²) in [5.74, 6) is -0.475. The number of aliphatic hydroxyl groups excluding tert-OH is 5. The van der Waals surface area contributed by atoms with E-state index in [0.717, 1.165) is 38.5 Å². The molecule has 0 bridgehead atoms. The highest BCUT2D eigenvalue weighted by atomic mass is 31.2. The van der Waals surface area contributed by atoms with E-state index in [9.17, 15) is 39.8 Å². The number of unbranched alkanes of at least 4 members (excludes halogenated alkanes) is 22. The number of esters is 1. The molecule has 1 fully saturated rings. The second kappa shape index (κ2) is 30.6. The van der Waals surface area contributed by atoms with Gasteiger partial charge < -0.3 is 39.9 Å². The van der Waals surface area contributed by atoms with Gasteiger partial charge in [-0.3, -0.25) is 13.8 Å². The Balaban J connectivity index is 2.45. The molecule has 0 aromatic rings. The predicted octanol–water partition coefficient (Wildman–Crippen LogP) is 7.03. The Morgan fingerprint density at radius 3 is 1.35 bits per heavy atom. The third-order valence-electron chi connectivity index (χ3n) is 9.73. The van der Waals surface area contributed by atoms with Gasteiger partial charge in [0, 0.05) is 13.0 Å². The summed E-state index contributed by atoms with van der Waals surface area (Å²) in [5.41, 5.74) is 0. The first-order valence-electron chi connectivity index (χ1n) is 20.4. The van der Waals surface area contributed by atoms with E-state index in [-0.39, 0.29) is 13.0 Å². The van der Waals surface area contributed by atoms with Crippen molar-refractivity contribution in [2.75, 3.05) is 19.8 Å². The van der Waals surface area contributed by atoms with Crippen LogP contribution in [0.1, 0.15) is 174 Å². The second-order valence-corrected chi connectivity index (χ2v) is 15.9. The number of hydrogen-bond acceptors (Lipinski definition) is 11. The zero-order chi connectivity index (χ0) is 37.7. The SMILES string of the molecule is CCCCCCCCCCCCCCCC(=O)OC(COCCCCCCCCCCCCC)COP(=O)(O)OC1C(O)C(O)C(O)C(O)C1O. The Hall–Kier alpha value is -0.660. The van der Waals surface area contributed by atoms with E-state index in [1.165, 1.54) is 109 Å². The zero-order valence-electron chi connectivity index (χ0n) is 31.9. The lowest BCUT2D eigenvalue weighted by Gasteiger charge is -2.41. The summed E-state index contributed by atoms with van der Waals surface area (Å²) in [6.45, 7) is 4.25. The molecule has 51 heavy (non-hydrogen) atoms. The topological polar surface area (TPSA) is 192 Å². The maximum absolute atomic E-state index is 12.7. The highest BCUT2D eigenvalue weighted by Gasteiger charge is 2.51. The van der Waals surface area contributed by atoms with Crippen molar-refractivity contribution in [1.82, 2.24) is 0 Å². The minimum atomic E-state index is -5.00. The van der Waals surface area contributed by atoms with Crippen molar-refractivity contribution in [3.63, 3.8) is 0 Å². The molecule has 12 nitrogen and oxygen atoms in total. The number of hydrogen-bond donors (Lipinski definition) is 6. The second-order valence-electron chi connectivity index (χ2n) is 14.5. The number of carbonyl (C=O) groups excluding carboxylic acids is 1. The van der Waals surface area contributed by atoms with Gasteiger partial charge in [0.25, 0.3) is 0 Å². The maximum Gasteiger partial charge on any atom is 0.472 e. The van der Waals surface area contributed by atoms with Gasteiger partial charge in [0.2, 0.25) is 0 Å². The average molecular weight is 755 g/mol. The molecule has 13 heteroatoms. The van der Waals surface area contributed by atoms with Crippen molar-refractivity contribution in [3.05, 3.63) is 0 Å². The first-order valence-corrected chi connectivity index (χ1v) is 21.9. The van der Waals surface area contributed by atoms with Gasteiger partial charge in [0.1, 0.15) is 42.7 Å². The Labute approximate surface area is 308 Å². The largest absolute Gasteiger partial charge is 0.472 e. The molecule has 0 saturated heterocycles. The third-order valence-corrected chi connectivity index (χ3v) is 10.7. The Kier molecular flexibility index (Phi) is 29.1. The molecular formula is C38H75O12P. The molecule has 6 atom stereocenters. The number of rotatable bonds is 34. The van der Waals surface area contributed by atoms with E-state index >= 15 is 0 Å². The van der Waals surface area contributed by atoms with Crippen molar-refractivity contribution in [2.24, 2.45) is 0 Å². The van der Waals surface area contributed by atoms with Crippen molar-refractivity contribution in [2.45, 2.75) is 217 Å². The summed E-state index contributed by atoms with van der Waals surface area (Å²) in [4.78, 5) is 23.0. The first-order chi connectivity index (χ1) is 24.5. The van der Waals surface area contributed by atoms with Crippen LogP contribution in [0.25, 0.3) is 0 Å². The van der Waals surface area contributed by atoms with E-state index in [4.69, 9.17) is 18.5 Å². The summed E-state index contributed by atoms with van der Waals surface area (Å²) in [5, 5.41) is 50.0. The highest BCUT2D eigenvalue weighted by Crippen LogP contribution is 2.47. The summed E-state index contributed by atoms with van der Waals surface area (Å²) in [6, 6.07) is 0. The number of phosphoric acid groups is 1. The van der Waals surface area contributed by atoms with Crippen LogP contribution in [0.5, 0.6) is 0 Å². The molecule has 1 aliphatic carbocycles. The van der Waals surface area contributed by atoms with Crippen LogP contribution >= 0.6 is 7.82 Å². The molecule has 0 heterocycles. The number of phosphoric ester groups is 1. The molecule has 1 saturated carbocycles. The molecule has 0 aliphatic heterocycles. The molecule has 1 aliphatic rings. The predicted molar refractivity (Wildman–Crippen MR) is 198 cm³/mol. The fourth-order valence-corrected chi connectivity index (χ4v) is 7.39. The van der Waals surface area contributed by atoms with Crippen LogP contribution in [0, 0.1) is 0 Å². The van der Waals surface area contributed by atoms with E-state index < -0.39 is 63.1 Å². The van der Waals surface area contributed by atoms with Crippen LogP contribution in [0.3, 0.4) is 0 Å². The van der Waals surface area contributed by atoms with Crippen LogP contribution < -0.4 is 0 Å². The molecule has 0 aromatic heterocycles. The number of ether oxygens (including phenoxy) is 2. The molecule has 6 unspecified atom stereocenters. The average Bonchev–Trinajstić information content (AvgIpc) is 3.11. The molecule has 0 spiro atoms. The molecule has 0 amide bonds. The van der Waals surface area contributed by atoms with Crippen LogP contribution in [-0.4, -0.2) is 98.9 Å². The first kappa shape index (κ1) is 48.4. The van der Waals surface area contributed by atoms with E-state index in [1.54, 1.807) is 0 Å². The van der Waals surface area contributed by atoms with Gasteiger partial charge in [-0.05, 0) is 12.8 Å². The van der Waals surface area contributed by atoms with E-state index in [2.05, 4.69) is 13.8 Å². The summed E-state index contributed by atoms with van der Waals surface area (Å²) >= 11 is 0. The van der Waals surface area contributed by atoms with Crippen LogP contribution in [0.4, 0.5) is 0 Å². The van der Waals surface area contributed by atoms with Crippen molar-refractivity contribution in [1.29, 1.82) is 0 Å². The van der Waals surface area contributed by atoms with E-state index in [1.807, 2.05) is 0 Å². The van der Waals surface area contributed by atoms with Crippen molar-refractivity contribution >= 4 is 13.8 Å². The summed E-state index contributed by atoms with van der Waals surface area (Å²) in [6.07, 6.45) is 16.1. The minimum Gasteiger partial charge on any atom is -0.457 e. The lowest BCUT2D eigenvalue weighted by atomic mass is 9.85. The maximum atomic E-state index is 12.7. The summed E-state index contributed by atoms with van der Waals surface area (Å²) < 4.78 is 34.0. The van der Waals surface area contributed by atoms with Crippen LogP contribution in [-0.2, 0) is 27.9 Å². The monoisotopic (exact) mass is 754 g/mol. The van der Waals surface area contributed by atoms with Crippen molar-refractivity contribution in [3.8, 4) is 0 Å². The van der Waals surface area contributed by atoms with Gasteiger partial charge in [-0.25, -0.2) is 4.57 Å². The van der Waals surface area contributed by atoms with Gasteiger partial charge in [0.05, 0.1) is 13.2 Å². The fourth-order valence-electron chi connectivity index (χ4n) is 6.41. The molecular weight excluding hydrogens is 679 g/mol. The zero-order valence-corrected chi connectivity index (χ0v) is 32.8. The highest BCUT2D eigenvalue weighted by molar-refractivity contribution is 7.47. The van der Waals surface area contributed by atoms with Crippen LogP contribution in [0.2, 0.25) is 0 Å². The van der Waals surface area contributed by atoms with Gasteiger partial charge in [-0.1, -0.05) is 155 Å².